The molecule has 0 saturated carbocycles. The van der Waals surface area contributed by atoms with Crippen LogP contribution in [0.5, 0.6) is 5.75 Å². The quantitative estimate of drug-likeness (QED) is 0.386. The Bertz CT molecular complexity index is 328. The number of halogens is 1. The van der Waals surface area contributed by atoms with Gasteiger partial charge in [-0.3, -0.25) is 9.78 Å². The SMILES string of the molecule is CC(=O)OOc1ccc(Cl)cc1C.[Na+]. The second kappa shape index (κ2) is 6.30. The van der Waals surface area contributed by atoms with Crippen molar-refractivity contribution in [3.8, 4) is 5.75 Å². The maximum atomic E-state index is 10.4. The maximum Gasteiger partial charge on any atom is 1.00 e. The molecule has 14 heavy (non-hydrogen) atoms. The number of benzene rings is 1. The standard InChI is InChI=1S/C9H9ClO3.Na/c1-6-5-8(10)3-4-9(6)13-12-7(2)11;/h3-5H,1-2H3;/q;+1. The summed E-state index contributed by atoms with van der Waals surface area (Å²) >= 11 is 5.72. The molecule has 0 aliphatic rings. The summed E-state index contributed by atoms with van der Waals surface area (Å²) in [6.07, 6.45) is 0. The summed E-state index contributed by atoms with van der Waals surface area (Å²) in [6, 6.07) is 5.02. The molecule has 70 valence electrons. The predicted octanol–water partition coefficient (Wildman–Crippen LogP) is -0.491. The molecular formula is C9H9ClNaO3+. The van der Waals surface area contributed by atoms with Crippen molar-refractivity contribution in [3.05, 3.63) is 28.8 Å². The van der Waals surface area contributed by atoms with E-state index < -0.39 is 5.97 Å². The average molecular weight is 224 g/mol. The molecule has 0 spiro atoms. The van der Waals surface area contributed by atoms with Crippen molar-refractivity contribution < 1.29 is 44.1 Å². The van der Waals surface area contributed by atoms with Gasteiger partial charge in [0.15, 0.2) is 5.75 Å². The summed E-state index contributed by atoms with van der Waals surface area (Å²) in [5, 5.41) is 0.618. The Morgan fingerprint density at radius 3 is 2.57 bits per heavy atom. The van der Waals surface area contributed by atoms with Gasteiger partial charge < -0.3 is 0 Å². The van der Waals surface area contributed by atoms with E-state index in [9.17, 15) is 4.79 Å². The molecule has 0 N–H and O–H groups in total. The summed E-state index contributed by atoms with van der Waals surface area (Å²) < 4.78 is 0. The zero-order chi connectivity index (χ0) is 9.84. The van der Waals surface area contributed by atoms with Crippen LogP contribution in [0.2, 0.25) is 5.02 Å². The first-order valence-corrected chi connectivity index (χ1v) is 4.08. The third-order valence-corrected chi connectivity index (χ3v) is 1.62. The van der Waals surface area contributed by atoms with Crippen molar-refractivity contribution >= 4 is 17.6 Å². The van der Waals surface area contributed by atoms with Crippen LogP contribution in [0.3, 0.4) is 0 Å². The first kappa shape index (κ1) is 13.8. The Balaban J connectivity index is 0.00000169. The van der Waals surface area contributed by atoms with Crippen LogP contribution in [-0.4, -0.2) is 5.97 Å². The van der Waals surface area contributed by atoms with Crippen molar-refractivity contribution in [1.82, 2.24) is 0 Å². The van der Waals surface area contributed by atoms with Gasteiger partial charge in [-0.15, -0.1) is 0 Å². The Kier molecular flexibility index (Phi) is 6.20. The first-order valence-electron chi connectivity index (χ1n) is 3.71. The number of hydrogen-bond donors (Lipinski definition) is 0. The van der Waals surface area contributed by atoms with Crippen molar-refractivity contribution in [2.75, 3.05) is 0 Å². The van der Waals surface area contributed by atoms with Crippen molar-refractivity contribution in [2.24, 2.45) is 0 Å². The van der Waals surface area contributed by atoms with Crippen LogP contribution in [-0.2, 0) is 9.68 Å². The second-order valence-corrected chi connectivity index (χ2v) is 3.00. The number of rotatable bonds is 2. The third-order valence-electron chi connectivity index (χ3n) is 1.39. The van der Waals surface area contributed by atoms with E-state index in [-0.39, 0.29) is 29.6 Å². The molecule has 0 aliphatic heterocycles. The predicted molar refractivity (Wildman–Crippen MR) is 48.6 cm³/mol. The van der Waals surface area contributed by atoms with E-state index >= 15 is 0 Å². The van der Waals surface area contributed by atoms with Gasteiger partial charge in [0, 0.05) is 11.9 Å². The van der Waals surface area contributed by atoms with Crippen LogP contribution in [0.15, 0.2) is 18.2 Å². The molecule has 0 unspecified atom stereocenters. The molecule has 1 rings (SSSR count). The minimum atomic E-state index is -0.491. The van der Waals surface area contributed by atoms with Gasteiger partial charge in [0.1, 0.15) is 0 Å². The van der Waals surface area contributed by atoms with Crippen LogP contribution >= 0.6 is 11.6 Å². The van der Waals surface area contributed by atoms with Crippen LogP contribution in [0.4, 0.5) is 0 Å². The molecule has 1 aromatic rings. The van der Waals surface area contributed by atoms with Gasteiger partial charge in [-0.1, -0.05) is 11.6 Å². The fraction of sp³-hybridized carbons (Fsp3) is 0.222. The molecule has 1 aromatic carbocycles. The Hall–Kier alpha value is -0.220. The smallest absolute Gasteiger partial charge is 0.287 e. The molecule has 0 aliphatic carbocycles. The number of hydrogen-bond acceptors (Lipinski definition) is 3. The zero-order valence-electron chi connectivity index (χ0n) is 8.33. The summed E-state index contributed by atoms with van der Waals surface area (Å²) in [4.78, 5) is 19.5. The van der Waals surface area contributed by atoms with E-state index in [4.69, 9.17) is 16.5 Å². The Labute approximate surface area is 110 Å². The molecule has 0 heterocycles. The normalized spacial score (nSPS) is 8.79. The largest absolute Gasteiger partial charge is 1.00 e. The molecule has 0 fully saturated rings. The molecule has 5 heteroatoms. The molecule has 0 aromatic heterocycles. The van der Waals surface area contributed by atoms with E-state index in [2.05, 4.69) is 4.89 Å². The van der Waals surface area contributed by atoms with Crippen LogP contribution in [0, 0.1) is 6.92 Å². The van der Waals surface area contributed by atoms with Gasteiger partial charge in [-0.05, 0) is 30.7 Å². The van der Waals surface area contributed by atoms with Crippen molar-refractivity contribution in [1.29, 1.82) is 0 Å². The fourth-order valence-corrected chi connectivity index (χ4v) is 1.04. The maximum absolute atomic E-state index is 10.4. The minimum absolute atomic E-state index is 0. The molecule has 0 bridgehead atoms. The van der Waals surface area contributed by atoms with E-state index in [0.29, 0.717) is 10.8 Å². The van der Waals surface area contributed by atoms with E-state index in [1.165, 1.54) is 6.92 Å². The van der Waals surface area contributed by atoms with E-state index in [1.54, 1.807) is 18.2 Å². The van der Waals surface area contributed by atoms with Gasteiger partial charge in [0.05, 0.1) is 0 Å². The topological polar surface area (TPSA) is 35.5 Å². The van der Waals surface area contributed by atoms with Gasteiger partial charge >= 0.3 is 35.5 Å². The van der Waals surface area contributed by atoms with Gasteiger partial charge in [-0.25, -0.2) is 4.79 Å². The molecule has 3 nitrogen and oxygen atoms in total. The Morgan fingerprint density at radius 1 is 1.43 bits per heavy atom. The van der Waals surface area contributed by atoms with Crippen LogP contribution in [0.1, 0.15) is 12.5 Å². The summed E-state index contributed by atoms with van der Waals surface area (Å²) in [5.41, 5.74) is 0.814. The number of carbonyl (C=O) groups excluding carboxylic acids is 1. The van der Waals surface area contributed by atoms with Gasteiger partial charge in [0.25, 0.3) is 0 Å². The van der Waals surface area contributed by atoms with Crippen molar-refractivity contribution in [3.63, 3.8) is 0 Å². The summed E-state index contributed by atoms with van der Waals surface area (Å²) in [7, 11) is 0. The van der Waals surface area contributed by atoms with E-state index in [1.807, 2.05) is 6.92 Å². The van der Waals surface area contributed by atoms with Gasteiger partial charge in [-0.2, -0.15) is 0 Å². The number of carbonyl (C=O) groups is 1. The average Bonchev–Trinajstić information content (AvgIpc) is 2.02. The summed E-state index contributed by atoms with van der Waals surface area (Å²) in [5.74, 6) is -0.00560. The number of aryl methyl sites for hydroxylation is 1. The minimum Gasteiger partial charge on any atom is -0.287 e. The molecule has 0 amide bonds. The summed E-state index contributed by atoms with van der Waals surface area (Å²) in [6.45, 7) is 3.08. The van der Waals surface area contributed by atoms with Gasteiger partial charge in [0.2, 0.25) is 0 Å². The zero-order valence-corrected chi connectivity index (χ0v) is 11.1. The first-order chi connectivity index (χ1) is 6.09. The van der Waals surface area contributed by atoms with E-state index in [0.717, 1.165) is 5.56 Å². The van der Waals surface area contributed by atoms with Crippen LogP contribution in [0.25, 0.3) is 0 Å². The second-order valence-electron chi connectivity index (χ2n) is 2.57. The molecule has 0 atom stereocenters. The van der Waals surface area contributed by atoms with Crippen molar-refractivity contribution in [2.45, 2.75) is 13.8 Å². The monoisotopic (exact) mass is 223 g/mol. The third kappa shape index (κ3) is 4.33. The van der Waals surface area contributed by atoms with Crippen LogP contribution < -0.4 is 34.4 Å². The fourth-order valence-electron chi connectivity index (χ4n) is 0.810. The molecule has 0 radical (unpaired) electrons. The Morgan fingerprint density at radius 2 is 2.07 bits per heavy atom. The molecule has 0 saturated heterocycles. The molecular weight excluding hydrogens is 215 g/mol.